The average Bonchev–Trinajstić information content (AvgIpc) is 2.53. The quantitative estimate of drug-likeness (QED) is 0.834. The number of hydrogen-bond donors (Lipinski definition) is 1. The average molecular weight is 324 g/mol. The van der Waals surface area contributed by atoms with Crippen molar-refractivity contribution in [2.24, 2.45) is 0 Å². The van der Waals surface area contributed by atoms with E-state index in [9.17, 15) is 4.79 Å². The van der Waals surface area contributed by atoms with Gasteiger partial charge in [-0.15, -0.1) is 0 Å². The van der Waals surface area contributed by atoms with E-state index in [4.69, 9.17) is 4.74 Å². The Morgan fingerprint density at radius 1 is 1.08 bits per heavy atom. The molecule has 2 aromatic rings. The summed E-state index contributed by atoms with van der Waals surface area (Å²) in [6, 6.07) is 16.4. The zero-order valence-electron chi connectivity index (χ0n) is 14.5. The van der Waals surface area contributed by atoms with E-state index in [1.54, 1.807) is 0 Å². The first kappa shape index (κ1) is 16.4. The number of nitrogens with zero attached hydrogens (tertiary/aromatic N) is 1. The summed E-state index contributed by atoms with van der Waals surface area (Å²) in [6.45, 7) is 6.56. The highest BCUT2D eigenvalue weighted by Crippen LogP contribution is 2.33. The molecule has 0 saturated carbocycles. The largest absolute Gasteiger partial charge is 0.444 e. The number of hydrogen-bond acceptors (Lipinski definition) is 3. The fraction of sp³-hybridized carbons (Fsp3) is 0.350. The van der Waals surface area contributed by atoms with Gasteiger partial charge >= 0.3 is 6.09 Å². The molecule has 0 saturated heterocycles. The molecule has 0 spiro atoms. The number of para-hydroxylation sites is 1. The molecule has 1 aliphatic heterocycles. The lowest BCUT2D eigenvalue weighted by atomic mass is 10.0. The van der Waals surface area contributed by atoms with Gasteiger partial charge in [0.25, 0.3) is 0 Å². The lowest BCUT2D eigenvalue weighted by Gasteiger charge is -2.31. The summed E-state index contributed by atoms with van der Waals surface area (Å²) in [5, 5.41) is 2.77. The third-order valence-electron chi connectivity index (χ3n) is 3.93. The molecule has 0 radical (unpaired) electrons. The topological polar surface area (TPSA) is 41.6 Å². The maximum absolute atomic E-state index is 11.8. The summed E-state index contributed by atoms with van der Waals surface area (Å²) in [5.41, 5.74) is 4.04. The van der Waals surface area contributed by atoms with Crippen molar-refractivity contribution in [2.45, 2.75) is 39.2 Å². The van der Waals surface area contributed by atoms with Crippen LogP contribution in [0.5, 0.6) is 0 Å². The summed E-state index contributed by atoms with van der Waals surface area (Å²) in [5.74, 6) is 0. The van der Waals surface area contributed by atoms with Crippen LogP contribution in [-0.2, 0) is 11.2 Å². The summed E-state index contributed by atoms with van der Waals surface area (Å²) in [4.78, 5) is 14.2. The van der Waals surface area contributed by atoms with Crippen molar-refractivity contribution >= 4 is 23.2 Å². The van der Waals surface area contributed by atoms with Gasteiger partial charge in [-0.2, -0.15) is 0 Å². The van der Waals surface area contributed by atoms with Crippen LogP contribution < -0.4 is 10.2 Å². The maximum Gasteiger partial charge on any atom is 0.412 e. The molecule has 1 heterocycles. The number of rotatable bonds is 2. The molecule has 24 heavy (non-hydrogen) atoms. The number of benzene rings is 2. The standard InChI is InChI=1S/C20H24N2O2/c1-20(2,3)24-19(23)21-16-10-12-17(13-11-16)22-14-6-8-15-7-4-5-9-18(15)22/h4-5,7,9-13H,6,8,14H2,1-3H3,(H,21,23). The second kappa shape index (κ2) is 6.56. The van der Waals surface area contributed by atoms with E-state index in [2.05, 4.69) is 34.5 Å². The number of ether oxygens (including phenoxy) is 1. The molecule has 4 heteroatoms. The molecule has 4 nitrogen and oxygen atoms in total. The van der Waals surface area contributed by atoms with E-state index in [-0.39, 0.29) is 0 Å². The SMILES string of the molecule is CC(C)(C)OC(=O)Nc1ccc(N2CCCc3ccccc32)cc1. The normalized spacial score (nSPS) is 14.0. The van der Waals surface area contributed by atoms with Crippen LogP contribution in [-0.4, -0.2) is 18.2 Å². The number of anilines is 3. The Morgan fingerprint density at radius 2 is 1.79 bits per heavy atom. The summed E-state index contributed by atoms with van der Waals surface area (Å²) in [7, 11) is 0. The minimum Gasteiger partial charge on any atom is -0.444 e. The van der Waals surface area contributed by atoms with Crippen molar-refractivity contribution in [3.63, 3.8) is 0 Å². The summed E-state index contributed by atoms with van der Waals surface area (Å²) < 4.78 is 5.27. The Morgan fingerprint density at radius 3 is 2.50 bits per heavy atom. The highest BCUT2D eigenvalue weighted by atomic mass is 16.6. The Labute approximate surface area is 143 Å². The first-order chi connectivity index (χ1) is 11.4. The molecular weight excluding hydrogens is 300 g/mol. The van der Waals surface area contributed by atoms with Crippen molar-refractivity contribution in [3.05, 3.63) is 54.1 Å². The number of aryl methyl sites for hydroxylation is 1. The van der Waals surface area contributed by atoms with Gasteiger partial charge < -0.3 is 9.64 Å². The number of nitrogens with one attached hydrogen (secondary N) is 1. The Hall–Kier alpha value is -2.49. The molecule has 126 valence electrons. The van der Waals surface area contributed by atoms with Crippen LogP contribution in [0.3, 0.4) is 0 Å². The number of fused-ring (bicyclic) bond motifs is 1. The molecule has 2 aromatic carbocycles. The predicted octanol–water partition coefficient (Wildman–Crippen LogP) is 5.12. The molecule has 0 atom stereocenters. The van der Waals surface area contributed by atoms with Gasteiger partial charge in [-0.25, -0.2) is 4.79 Å². The second-order valence-electron chi connectivity index (χ2n) is 7.06. The molecule has 0 bridgehead atoms. The third kappa shape index (κ3) is 3.88. The van der Waals surface area contributed by atoms with E-state index in [1.807, 2.05) is 45.0 Å². The molecule has 3 rings (SSSR count). The molecular formula is C20H24N2O2. The molecule has 0 aliphatic carbocycles. The van der Waals surface area contributed by atoms with Gasteiger partial charge in [-0.1, -0.05) is 18.2 Å². The monoisotopic (exact) mass is 324 g/mol. The first-order valence-corrected chi connectivity index (χ1v) is 8.38. The summed E-state index contributed by atoms with van der Waals surface area (Å²) >= 11 is 0. The van der Waals surface area contributed by atoms with Crippen LogP contribution in [0.15, 0.2) is 48.5 Å². The molecule has 0 aromatic heterocycles. The van der Waals surface area contributed by atoms with E-state index in [0.29, 0.717) is 0 Å². The van der Waals surface area contributed by atoms with Gasteiger partial charge in [0.1, 0.15) is 5.60 Å². The number of carbonyl (C=O) groups is 1. The van der Waals surface area contributed by atoms with Crippen molar-refractivity contribution in [1.82, 2.24) is 0 Å². The zero-order chi connectivity index (χ0) is 17.2. The van der Waals surface area contributed by atoms with Crippen molar-refractivity contribution in [1.29, 1.82) is 0 Å². The van der Waals surface area contributed by atoms with Crippen LogP contribution in [0.25, 0.3) is 0 Å². The summed E-state index contributed by atoms with van der Waals surface area (Å²) in [6.07, 6.45) is 1.85. The molecule has 1 N–H and O–H groups in total. The van der Waals surface area contributed by atoms with Gasteiger partial charge in [0.05, 0.1) is 0 Å². The molecule has 0 unspecified atom stereocenters. The van der Waals surface area contributed by atoms with Crippen LogP contribution in [0.4, 0.5) is 21.9 Å². The first-order valence-electron chi connectivity index (χ1n) is 8.38. The smallest absolute Gasteiger partial charge is 0.412 e. The van der Waals surface area contributed by atoms with E-state index in [1.165, 1.54) is 11.3 Å². The Kier molecular flexibility index (Phi) is 4.47. The van der Waals surface area contributed by atoms with Gasteiger partial charge in [-0.3, -0.25) is 5.32 Å². The predicted molar refractivity (Wildman–Crippen MR) is 98.1 cm³/mol. The van der Waals surface area contributed by atoms with Crippen molar-refractivity contribution in [2.75, 3.05) is 16.8 Å². The van der Waals surface area contributed by atoms with Crippen LogP contribution in [0.1, 0.15) is 32.8 Å². The second-order valence-corrected chi connectivity index (χ2v) is 7.06. The highest BCUT2D eigenvalue weighted by Gasteiger charge is 2.18. The molecule has 0 fully saturated rings. The van der Waals surface area contributed by atoms with E-state index >= 15 is 0 Å². The number of carbonyl (C=O) groups excluding carboxylic acids is 1. The number of amides is 1. The zero-order valence-corrected chi connectivity index (χ0v) is 14.5. The molecule has 1 amide bonds. The minimum absolute atomic E-state index is 0.432. The van der Waals surface area contributed by atoms with Gasteiger partial charge in [0, 0.05) is 23.6 Å². The minimum atomic E-state index is -0.498. The molecule has 1 aliphatic rings. The van der Waals surface area contributed by atoms with Crippen LogP contribution in [0, 0.1) is 0 Å². The fourth-order valence-corrected chi connectivity index (χ4v) is 2.95. The van der Waals surface area contributed by atoms with Crippen molar-refractivity contribution < 1.29 is 9.53 Å². The Bertz CT molecular complexity index is 717. The highest BCUT2D eigenvalue weighted by molar-refractivity contribution is 5.85. The van der Waals surface area contributed by atoms with E-state index in [0.717, 1.165) is 30.8 Å². The Balaban J connectivity index is 1.73. The van der Waals surface area contributed by atoms with Gasteiger partial charge in [0.2, 0.25) is 0 Å². The van der Waals surface area contributed by atoms with Gasteiger partial charge in [-0.05, 0) is 69.5 Å². The fourth-order valence-electron chi connectivity index (χ4n) is 2.95. The van der Waals surface area contributed by atoms with Crippen molar-refractivity contribution in [3.8, 4) is 0 Å². The van der Waals surface area contributed by atoms with E-state index < -0.39 is 11.7 Å². The maximum atomic E-state index is 11.8. The lowest BCUT2D eigenvalue weighted by Crippen LogP contribution is -2.27. The lowest BCUT2D eigenvalue weighted by molar-refractivity contribution is 0.0636. The van der Waals surface area contributed by atoms with Gasteiger partial charge in [0.15, 0.2) is 0 Å². The van der Waals surface area contributed by atoms with Crippen LogP contribution in [0.2, 0.25) is 0 Å². The third-order valence-corrected chi connectivity index (χ3v) is 3.93. The van der Waals surface area contributed by atoms with Crippen LogP contribution >= 0.6 is 0 Å².